The molecule has 11 nitrogen and oxygen atoms in total. The van der Waals surface area contributed by atoms with Crippen LogP contribution in [0.2, 0.25) is 0 Å². The molecule has 3 rings (SSSR count). The SMILES string of the molecule is O=C(Nc1cccc(NO)c1)Nc1cccc(NC(=O)Nc2cccc(N(O)O)c2)c1. The van der Waals surface area contributed by atoms with E-state index in [1.807, 2.05) is 5.48 Å². The molecule has 0 radical (unpaired) electrons. The maximum Gasteiger partial charge on any atom is 0.323 e. The molecular weight excluding hydrogens is 404 g/mol. The molecule has 0 unspecified atom stereocenters. The first kappa shape index (κ1) is 21.4. The predicted molar refractivity (Wildman–Crippen MR) is 116 cm³/mol. The van der Waals surface area contributed by atoms with Crippen molar-refractivity contribution in [3.05, 3.63) is 72.8 Å². The third kappa shape index (κ3) is 6.33. The zero-order valence-electron chi connectivity index (χ0n) is 16.0. The Labute approximate surface area is 176 Å². The molecule has 0 spiro atoms. The molecule has 0 aromatic heterocycles. The second kappa shape index (κ2) is 9.93. The van der Waals surface area contributed by atoms with Crippen LogP contribution in [0.4, 0.5) is 43.7 Å². The number of urea groups is 2. The van der Waals surface area contributed by atoms with Gasteiger partial charge in [-0.15, -0.1) is 5.23 Å². The molecule has 0 bridgehead atoms. The molecule has 0 saturated carbocycles. The average Bonchev–Trinajstić information content (AvgIpc) is 2.74. The summed E-state index contributed by atoms with van der Waals surface area (Å²) < 4.78 is 0. The molecule has 0 aliphatic rings. The number of hydrogen-bond donors (Lipinski definition) is 8. The third-order valence-electron chi connectivity index (χ3n) is 3.96. The monoisotopic (exact) mass is 424 g/mol. The van der Waals surface area contributed by atoms with Crippen LogP contribution >= 0.6 is 0 Å². The molecule has 4 amide bonds. The van der Waals surface area contributed by atoms with Crippen LogP contribution in [0.1, 0.15) is 0 Å². The fraction of sp³-hybridized carbons (Fsp3) is 0. The summed E-state index contributed by atoms with van der Waals surface area (Å²) in [5.74, 6) is 0. The van der Waals surface area contributed by atoms with Gasteiger partial charge < -0.3 is 21.3 Å². The van der Waals surface area contributed by atoms with Crippen molar-refractivity contribution in [1.82, 2.24) is 0 Å². The molecule has 31 heavy (non-hydrogen) atoms. The minimum Gasteiger partial charge on any atom is -0.308 e. The summed E-state index contributed by atoms with van der Waals surface area (Å²) in [6, 6.07) is 17.8. The van der Waals surface area contributed by atoms with E-state index < -0.39 is 12.1 Å². The summed E-state index contributed by atoms with van der Waals surface area (Å²) in [6.45, 7) is 0. The van der Waals surface area contributed by atoms with Crippen LogP contribution in [0.25, 0.3) is 0 Å². The van der Waals surface area contributed by atoms with E-state index in [1.165, 1.54) is 12.1 Å². The van der Waals surface area contributed by atoms with Gasteiger partial charge in [0.15, 0.2) is 0 Å². The lowest BCUT2D eigenvalue weighted by atomic mass is 10.2. The molecule has 0 saturated heterocycles. The van der Waals surface area contributed by atoms with E-state index in [-0.39, 0.29) is 10.9 Å². The Morgan fingerprint density at radius 2 is 1.00 bits per heavy atom. The molecule has 0 aliphatic carbocycles. The predicted octanol–water partition coefficient (Wildman–Crippen LogP) is 4.36. The average molecular weight is 424 g/mol. The number of benzene rings is 3. The van der Waals surface area contributed by atoms with Gasteiger partial charge in [0, 0.05) is 22.7 Å². The largest absolute Gasteiger partial charge is 0.323 e. The summed E-state index contributed by atoms with van der Waals surface area (Å²) in [4.78, 5) is 24.4. The highest BCUT2D eigenvalue weighted by molar-refractivity contribution is 6.02. The lowest BCUT2D eigenvalue weighted by molar-refractivity contribution is 0.0292. The van der Waals surface area contributed by atoms with Crippen molar-refractivity contribution in [2.24, 2.45) is 0 Å². The number of nitrogens with one attached hydrogen (secondary N) is 5. The van der Waals surface area contributed by atoms with Crippen LogP contribution in [0.3, 0.4) is 0 Å². The fourth-order valence-electron chi connectivity index (χ4n) is 2.64. The molecule has 3 aromatic carbocycles. The van der Waals surface area contributed by atoms with Gasteiger partial charge >= 0.3 is 12.1 Å². The Balaban J connectivity index is 1.58. The summed E-state index contributed by atoms with van der Waals surface area (Å²) in [7, 11) is 0. The van der Waals surface area contributed by atoms with Gasteiger partial charge in [0.25, 0.3) is 0 Å². The molecule has 3 aromatic rings. The Bertz CT molecular complexity index is 1080. The normalized spacial score (nSPS) is 10.0. The van der Waals surface area contributed by atoms with Crippen molar-refractivity contribution in [3.63, 3.8) is 0 Å². The first-order chi connectivity index (χ1) is 14.9. The van der Waals surface area contributed by atoms with E-state index in [9.17, 15) is 9.59 Å². The standard InChI is InChI=1S/C20H20N6O5/c27-19(23-15-6-2-8-17(11-15)25-29)21-13-4-1-5-14(10-13)22-20(28)24-16-7-3-9-18(12-16)26(30)31/h1-12,25,29-31H,(H2,21,23,27)(H2,22,24,28). The Morgan fingerprint density at radius 3 is 1.45 bits per heavy atom. The van der Waals surface area contributed by atoms with Crippen molar-refractivity contribution in [2.75, 3.05) is 32.0 Å². The first-order valence-electron chi connectivity index (χ1n) is 8.97. The van der Waals surface area contributed by atoms with E-state index >= 15 is 0 Å². The van der Waals surface area contributed by atoms with Crippen LogP contribution in [0, 0.1) is 0 Å². The lowest BCUT2D eigenvalue weighted by Gasteiger charge is -2.12. The second-order valence-electron chi connectivity index (χ2n) is 6.27. The van der Waals surface area contributed by atoms with Gasteiger partial charge in [-0.05, 0) is 54.6 Å². The van der Waals surface area contributed by atoms with Gasteiger partial charge in [-0.25, -0.2) is 9.59 Å². The van der Waals surface area contributed by atoms with Crippen LogP contribution < -0.4 is 32.0 Å². The first-order valence-corrected chi connectivity index (χ1v) is 8.97. The number of carbonyl (C=O) groups excluding carboxylic acids is 2. The van der Waals surface area contributed by atoms with Gasteiger partial charge in [-0.3, -0.25) is 21.1 Å². The zero-order chi connectivity index (χ0) is 22.2. The van der Waals surface area contributed by atoms with Crippen molar-refractivity contribution < 1.29 is 25.2 Å². The van der Waals surface area contributed by atoms with Crippen molar-refractivity contribution in [3.8, 4) is 0 Å². The molecule has 160 valence electrons. The van der Waals surface area contributed by atoms with Gasteiger partial charge in [-0.1, -0.05) is 18.2 Å². The van der Waals surface area contributed by atoms with Crippen LogP contribution in [-0.4, -0.2) is 27.7 Å². The summed E-state index contributed by atoms with van der Waals surface area (Å²) >= 11 is 0. The summed E-state index contributed by atoms with van der Waals surface area (Å²) in [5, 5.41) is 37.4. The molecule has 11 heteroatoms. The third-order valence-corrected chi connectivity index (χ3v) is 3.96. The van der Waals surface area contributed by atoms with Gasteiger partial charge in [0.2, 0.25) is 0 Å². The maximum atomic E-state index is 12.2. The summed E-state index contributed by atoms with van der Waals surface area (Å²) in [5.41, 5.74) is 4.17. The van der Waals surface area contributed by atoms with Crippen LogP contribution in [0.5, 0.6) is 0 Å². The highest BCUT2D eigenvalue weighted by atomic mass is 16.8. The van der Waals surface area contributed by atoms with Gasteiger partial charge in [0.05, 0.1) is 11.4 Å². The maximum absolute atomic E-state index is 12.2. The molecule has 0 aliphatic heterocycles. The summed E-state index contributed by atoms with van der Waals surface area (Å²) in [6.07, 6.45) is 0. The Morgan fingerprint density at radius 1 is 0.613 bits per heavy atom. The quantitative estimate of drug-likeness (QED) is 0.273. The number of anilines is 6. The van der Waals surface area contributed by atoms with E-state index in [1.54, 1.807) is 60.7 Å². The van der Waals surface area contributed by atoms with Crippen LogP contribution in [0.15, 0.2) is 72.8 Å². The zero-order valence-corrected chi connectivity index (χ0v) is 16.0. The number of amides is 4. The molecule has 8 N–H and O–H groups in total. The Kier molecular flexibility index (Phi) is 6.85. The smallest absolute Gasteiger partial charge is 0.308 e. The van der Waals surface area contributed by atoms with E-state index in [0.717, 1.165) is 0 Å². The van der Waals surface area contributed by atoms with Crippen molar-refractivity contribution in [2.45, 2.75) is 0 Å². The number of carbonyl (C=O) groups is 2. The Hall–Kier alpha value is -4.32. The van der Waals surface area contributed by atoms with Crippen LogP contribution in [-0.2, 0) is 0 Å². The number of rotatable bonds is 6. The minimum atomic E-state index is -0.561. The number of hydrogen-bond acceptors (Lipinski definition) is 7. The van der Waals surface area contributed by atoms with Crippen molar-refractivity contribution in [1.29, 1.82) is 0 Å². The van der Waals surface area contributed by atoms with E-state index in [4.69, 9.17) is 15.6 Å². The highest BCUT2D eigenvalue weighted by Gasteiger charge is 2.08. The molecule has 0 fully saturated rings. The molecule has 0 atom stereocenters. The van der Waals surface area contributed by atoms with E-state index in [2.05, 4.69) is 21.3 Å². The van der Waals surface area contributed by atoms with Crippen molar-refractivity contribution >= 4 is 46.2 Å². The lowest BCUT2D eigenvalue weighted by Crippen LogP contribution is -2.21. The second-order valence-corrected chi connectivity index (χ2v) is 6.27. The van der Waals surface area contributed by atoms with E-state index in [0.29, 0.717) is 28.4 Å². The fourth-order valence-corrected chi connectivity index (χ4v) is 2.64. The topological polar surface area (TPSA) is 158 Å². The molecular formula is C20H20N6O5. The minimum absolute atomic E-state index is 0.0557. The number of nitrogens with zero attached hydrogens (tertiary/aromatic N) is 1. The van der Waals surface area contributed by atoms with Gasteiger partial charge in [-0.2, -0.15) is 0 Å². The van der Waals surface area contributed by atoms with Gasteiger partial charge in [0.1, 0.15) is 0 Å². The molecule has 0 heterocycles. The highest BCUT2D eigenvalue weighted by Crippen LogP contribution is 2.19.